The molecule has 4 rings (SSSR count). The van der Waals surface area contributed by atoms with Gasteiger partial charge in [0.25, 0.3) is 5.91 Å². The number of likely N-dealkylation sites (tertiary alicyclic amines) is 1. The molecule has 3 heterocycles. The van der Waals surface area contributed by atoms with E-state index in [9.17, 15) is 4.79 Å². The number of nitrogens with zero attached hydrogens (tertiary/aromatic N) is 2. The van der Waals surface area contributed by atoms with Gasteiger partial charge in [0.1, 0.15) is 10.8 Å². The number of aromatic nitrogens is 1. The zero-order valence-electron chi connectivity index (χ0n) is 13.4. The summed E-state index contributed by atoms with van der Waals surface area (Å²) >= 11 is 12.1. The lowest BCUT2D eigenvalue weighted by Gasteiger charge is -2.17. The standard InChI is InChI=1S/C18H17Cl2N3O2/c19-14-2-1-3-15(17(14)20)25-16-5-4-11(8-22-16)18(24)23-9-12-6-21-7-13(12)10-23/h1-5,8,12-13,21H,6-7,9-10H2/t12-,13+. The summed E-state index contributed by atoms with van der Waals surface area (Å²) in [5, 5.41) is 4.13. The number of amides is 1. The molecule has 5 nitrogen and oxygen atoms in total. The predicted molar refractivity (Wildman–Crippen MR) is 96.5 cm³/mol. The number of fused-ring (bicyclic) bond motifs is 1. The number of carbonyl (C=O) groups excluding carboxylic acids is 1. The van der Waals surface area contributed by atoms with E-state index in [0.717, 1.165) is 26.2 Å². The molecule has 2 atom stereocenters. The van der Waals surface area contributed by atoms with Crippen molar-refractivity contribution in [3.63, 3.8) is 0 Å². The van der Waals surface area contributed by atoms with Crippen molar-refractivity contribution in [2.45, 2.75) is 0 Å². The minimum Gasteiger partial charge on any atom is -0.437 e. The number of carbonyl (C=O) groups is 1. The molecule has 7 heteroatoms. The fourth-order valence-corrected chi connectivity index (χ4v) is 3.78. The van der Waals surface area contributed by atoms with Gasteiger partial charge in [-0.05, 0) is 30.0 Å². The summed E-state index contributed by atoms with van der Waals surface area (Å²) in [6.45, 7) is 3.62. The number of hydrogen-bond acceptors (Lipinski definition) is 4. The first-order chi connectivity index (χ1) is 12.1. The lowest BCUT2D eigenvalue weighted by Crippen LogP contribution is -2.31. The average Bonchev–Trinajstić information content (AvgIpc) is 3.21. The molecule has 25 heavy (non-hydrogen) atoms. The van der Waals surface area contributed by atoms with Crippen molar-refractivity contribution in [3.8, 4) is 11.6 Å². The highest BCUT2D eigenvalue weighted by molar-refractivity contribution is 6.42. The minimum atomic E-state index is 0.0224. The number of nitrogens with one attached hydrogen (secondary N) is 1. The molecular weight excluding hydrogens is 361 g/mol. The summed E-state index contributed by atoms with van der Waals surface area (Å²) in [6, 6.07) is 8.55. The van der Waals surface area contributed by atoms with Crippen molar-refractivity contribution in [2.24, 2.45) is 11.8 Å². The molecule has 2 aromatic rings. The highest BCUT2D eigenvalue weighted by Crippen LogP contribution is 2.34. The quantitative estimate of drug-likeness (QED) is 0.889. The zero-order chi connectivity index (χ0) is 17.4. The number of ether oxygens (including phenoxy) is 1. The van der Waals surface area contributed by atoms with E-state index in [2.05, 4.69) is 10.3 Å². The molecule has 1 amide bonds. The number of benzene rings is 1. The van der Waals surface area contributed by atoms with Gasteiger partial charge >= 0.3 is 0 Å². The molecule has 130 valence electrons. The Kier molecular flexibility index (Phi) is 4.54. The van der Waals surface area contributed by atoms with E-state index in [1.807, 2.05) is 4.90 Å². The molecule has 1 aromatic heterocycles. The van der Waals surface area contributed by atoms with Gasteiger partial charge in [0.2, 0.25) is 5.88 Å². The smallest absolute Gasteiger partial charge is 0.255 e. The summed E-state index contributed by atoms with van der Waals surface area (Å²) < 4.78 is 5.65. The summed E-state index contributed by atoms with van der Waals surface area (Å²) in [4.78, 5) is 18.8. The van der Waals surface area contributed by atoms with Crippen LogP contribution in [0, 0.1) is 11.8 Å². The Hall–Kier alpha value is -1.82. The second-order valence-corrected chi connectivity index (χ2v) is 7.21. The lowest BCUT2D eigenvalue weighted by molar-refractivity contribution is 0.0781. The van der Waals surface area contributed by atoms with Crippen molar-refractivity contribution in [1.82, 2.24) is 15.2 Å². The molecule has 0 bridgehead atoms. The third kappa shape index (κ3) is 3.32. The molecule has 2 saturated heterocycles. The van der Waals surface area contributed by atoms with Gasteiger partial charge in [-0.15, -0.1) is 0 Å². The zero-order valence-corrected chi connectivity index (χ0v) is 14.9. The first kappa shape index (κ1) is 16.6. The molecule has 0 saturated carbocycles. The number of pyridine rings is 1. The number of hydrogen-bond donors (Lipinski definition) is 1. The summed E-state index contributed by atoms with van der Waals surface area (Å²) in [7, 11) is 0. The van der Waals surface area contributed by atoms with E-state index in [4.69, 9.17) is 27.9 Å². The molecule has 0 spiro atoms. The van der Waals surface area contributed by atoms with Crippen molar-refractivity contribution >= 4 is 29.1 Å². The van der Waals surface area contributed by atoms with Gasteiger partial charge in [-0.1, -0.05) is 29.3 Å². The van der Waals surface area contributed by atoms with Crippen LogP contribution in [0.3, 0.4) is 0 Å². The molecular formula is C18H17Cl2N3O2. The predicted octanol–water partition coefficient (Wildman–Crippen LogP) is 3.47. The Morgan fingerprint density at radius 2 is 1.92 bits per heavy atom. The Bertz CT molecular complexity index is 785. The topological polar surface area (TPSA) is 54.5 Å². The van der Waals surface area contributed by atoms with E-state index in [1.165, 1.54) is 0 Å². The van der Waals surface area contributed by atoms with E-state index in [-0.39, 0.29) is 5.91 Å². The molecule has 0 radical (unpaired) electrons. The fraction of sp³-hybridized carbons (Fsp3) is 0.333. The third-order valence-electron chi connectivity index (χ3n) is 4.79. The highest BCUT2D eigenvalue weighted by Gasteiger charge is 2.38. The molecule has 0 unspecified atom stereocenters. The SMILES string of the molecule is O=C(c1ccc(Oc2cccc(Cl)c2Cl)nc1)N1C[C@H]2CNC[C@H]2C1. The maximum Gasteiger partial charge on any atom is 0.255 e. The fourth-order valence-electron chi connectivity index (χ4n) is 3.45. The third-order valence-corrected chi connectivity index (χ3v) is 5.59. The number of rotatable bonds is 3. The average molecular weight is 378 g/mol. The van der Waals surface area contributed by atoms with Crippen LogP contribution in [0.25, 0.3) is 0 Å². The maximum absolute atomic E-state index is 12.6. The molecule has 2 aliphatic heterocycles. The van der Waals surface area contributed by atoms with Crippen LogP contribution in [-0.4, -0.2) is 42.0 Å². The second-order valence-electron chi connectivity index (χ2n) is 6.43. The van der Waals surface area contributed by atoms with Crippen molar-refractivity contribution in [2.75, 3.05) is 26.2 Å². The van der Waals surface area contributed by atoms with Crippen molar-refractivity contribution in [1.29, 1.82) is 0 Å². The van der Waals surface area contributed by atoms with Gasteiger partial charge in [0, 0.05) is 38.4 Å². The van der Waals surface area contributed by atoms with E-state index >= 15 is 0 Å². The lowest BCUT2D eigenvalue weighted by atomic mass is 10.0. The first-order valence-corrected chi connectivity index (χ1v) is 8.95. The highest BCUT2D eigenvalue weighted by atomic mass is 35.5. The van der Waals surface area contributed by atoms with Gasteiger partial charge in [0.15, 0.2) is 0 Å². The summed E-state index contributed by atoms with van der Waals surface area (Å²) in [5.41, 5.74) is 0.567. The van der Waals surface area contributed by atoms with Crippen molar-refractivity contribution in [3.05, 3.63) is 52.1 Å². The van der Waals surface area contributed by atoms with Gasteiger partial charge in [-0.25, -0.2) is 4.98 Å². The van der Waals surface area contributed by atoms with Gasteiger partial charge < -0.3 is 15.0 Å². The maximum atomic E-state index is 12.6. The summed E-state index contributed by atoms with van der Waals surface area (Å²) in [5.74, 6) is 1.96. The number of halogens is 2. The summed E-state index contributed by atoms with van der Waals surface area (Å²) in [6.07, 6.45) is 1.54. The van der Waals surface area contributed by atoms with Gasteiger partial charge in [-0.2, -0.15) is 0 Å². The van der Waals surface area contributed by atoms with Crippen LogP contribution in [0.2, 0.25) is 10.0 Å². The largest absolute Gasteiger partial charge is 0.437 e. The van der Waals surface area contributed by atoms with E-state index < -0.39 is 0 Å². The van der Waals surface area contributed by atoms with Crippen LogP contribution in [0.5, 0.6) is 11.6 Å². The molecule has 0 aliphatic carbocycles. The van der Waals surface area contributed by atoms with Crippen LogP contribution in [-0.2, 0) is 0 Å². The van der Waals surface area contributed by atoms with Gasteiger partial charge in [0.05, 0.1) is 10.6 Å². The van der Waals surface area contributed by atoms with Crippen LogP contribution in [0.1, 0.15) is 10.4 Å². The minimum absolute atomic E-state index is 0.0224. The normalized spacial score (nSPS) is 22.1. The van der Waals surface area contributed by atoms with Gasteiger partial charge in [-0.3, -0.25) is 4.79 Å². The van der Waals surface area contributed by atoms with E-state index in [1.54, 1.807) is 36.5 Å². The van der Waals surface area contributed by atoms with Crippen LogP contribution in [0.15, 0.2) is 36.5 Å². The first-order valence-electron chi connectivity index (χ1n) is 8.20. The Labute approximate surface area is 155 Å². The van der Waals surface area contributed by atoms with Crippen molar-refractivity contribution < 1.29 is 9.53 Å². The Balaban J connectivity index is 1.45. The van der Waals surface area contributed by atoms with Crippen LogP contribution >= 0.6 is 23.2 Å². The van der Waals surface area contributed by atoms with E-state index in [0.29, 0.717) is 39.1 Å². The second kappa shape index (κ2) is 6.83. The molecule has 1 N–H and O–H groups in total. The van der Waals surface area contributed by atoms with Crippen LogP contribution < -0.4 is 10.1 Å². The molecule has 2 aliphatic rings. The molecule has 1 aromatic carbocycles. The molecule has 2 fully saturated rings. The Morgan fingerprint density at radius 3 is 2.60 bits per heavy atom. The monoisotopic (exact) mass is 377 g/mol. The van der Waals surface area contributed by atoms with Crippen LogP contribution in [0.4, 0.5) is 0 Å². The Morgan fingerprint density at radius 1 is 1.16 bits per heavy atom.